The lowest BCUT2D eigenvalue weighted by Crippen LogP contribution is -2.46. The molecule has 0 spiro atoms. The van der Waals surface area contributed by atoms with Crippen molar-refractivity contribution in [3.05, 3.63) is 34.6 Å². The largest absolute Gasteiger partial charge is 0.420 e. The van der Waals surface area contributed by atoms with Crippen LogP contribution in [-0.2, 0) is 16.0 Å². The molecule has 5 heterocycles. The molecule has 1 saturated carbocycles. The molecule has 232 valence electrons. The molecule has 0 bridgehead atoms. The lowest BCUT2D eigenvalue weighted by molar-refractivity contribution is -0.137. The molecule has 3 aromatic heterocycles. The molecule has 6 rings (SSSR count). The highest BCUT2D eigenvalue weighted by Crippen LogP contribution is 2.45. The minimum absolute atomic E-state index is 0.0000111. The molecule has 43 heavy (non-hydrogen) atoms. The van der Waals surface area contributed by atoms with E-state index in [1.807, 2.05) is 10.9 Å². The summed E-state index contributed by atoms with van der Waals surface area (Å²) in [5.41, 5.74) is -0.0220. The third-order valence-electron chi connectivity index (χ3n) is 8.36. The first-order valence-corrected chi connectivity index (χ1v) is 16.8. The highest BCUT2D eigenvalue weighted by atomic mass is 32.2. The van der Waals surface area contributed by atoms with Gasteiger partial charge < -0.3 is 10.2 Å². The average Bonchev–Trinajstić information content (AvgIpc) is 3.55. The number of nitrogens with zero attached hydrogens (tertiary/aromatic N) is 6. The smallest absolute Gasteiger partial charge is 0.340 e. The molecule has 15 heteroatoms. The number of hydrogen-bond donors (Lipinski definition) is 1. The van der Waals surface area contributed by atoms with Crippen molar-refractivity contribution < 1.29 is 26.4 Å². The van der Waals surface area contributed by atoms with E-state index < -0.39 is 33.2 Å². The van der Waals surface area contributed by atoms with Crippen molar-refractivity contribution in [1.29, 1.82) is 0 Å². The Labute approximate surface area is 252 Å². The van der Waals surface area contributed by atoms with Crippen molar-refractivity contribution >= 4 is 38.7 Å². The Morgan fingerprint density at radius 3 is 2.40 bits per heavy atom. The Bertz CT molecular complexity index is 1660. The van der Waals surface area contributed by atoms with Crippen LogP contribution in [0.3, 0.4) is 0 Å². The zero-order valence-electron chi connectivity index (χ0n) is 24.4. The van der Waals surface area contributed by atoms with Crippen LogP contribution in [0, 0.1) is 0 Å². The Kier molecular flexibility index (Phi) is 7.36. The minimum atomic E-state index is -4.80. The van der Waals surface area contributed by atoms with Crippen molar-refractivity contribution in [3.63, 3.8) is 0 Å². The SMILES string of the molecule is CN1CCS(=O)(=O)c2cc(-c3nc(Nc4cn(C5CCN(C(C)(C)C)CC5)nc4C4CC4)ncc3C(F)(F)F)sc2C1=O. The van der Waals surface area contributed by atoms with Gasteiger partial charge in [0, 0.05) is 50.5 Å². The first kappa shape index (κ1) is 30.0. The number of amides is 1. The third-order valence-corrected chi connectivity index (χ3v) is 11.3. The lowest BCUT2D eigenvalue weighted by Gasteiger charge is -2.40. The van der Waals surface area contributed by atoms with Gasteiger partial charge in [-0.3, -0.25) is 14.4 Å². The fourth-order valence-electron chi connectivity index (χ4n) is 5.62. The number of fused-ring (bicyclic) bond motifs is 1. The summed E-state index contributed by atoms with van der Waals surface area (Å²) in [4.78, 5) is 24.3. The molecule has 1 N–H and O–H groups in total. The maximum Gasteiger partial charge on any atom is 0.420 e. The van der Waals surface area contributed by atoms with Gasteiger partial charge in [-0.1, -0.05) is 0 Å². The molecular weight excluding hydrogens is 603 g/mol. The molecule has 0 radical (unpaired) electrons. The molecule has 10 nitrogen and oxygen atoms in total. The molecular formula is C28H34F3N7O3S2. The van der Waals surface area contributed by atoms with Gasteiger partial charge >= 0.3 is 6.18 Å². The van der Waals surface area contributed by atoms with Crippen LogP contribution in [0.2, 0.25) is 0 Å². The summed E-state index contributed by atoms with van der Waals surface area (Å²) in [6, 6.07) is 1.33. The number of halogens is 3. The predicted octanol–water partition coefficient (Wildman–Crippen LogP) is 5.34. The fraction of sp³-hybridized carbons (Fsp3) is 0.571. The quantitative estimate of drug-likeness (QED) is 0.399. The summed E-state index contributed by atoms with van der Waals surface area (Å²) >= 11 is 0.695. The van der Waals surface area contributed by atoms with Crippen molar-refractivity contribution in [2.45, 2.75) is 75.0 Å². The van der Waals surface area contributed by atoms with Crippen LogP contribution in [-0.4, -0.2) is 81.8 Å². The van der Waals surface area contributed by atoms with Crippen LogP contribution >= 0.6 is 11.3 Å². The van der Waals surface area contributed by atoms with E-state index in [0.717, 1.165) is 50.5 Å². The van der Waals surface area contributed by atoms with Crippen molar-refractivity contribution in [2.24, 2.45) is 0 Å². The van der Waals surface area contributed by atoms with Gasteiger partial charge in [0.25, 0.3) is 5.91 Å². The van der Waals surface area contributed by atoms with Gasteiger partial charge in [0.1, 0.15) is 10.4 Å². The number of rotatable bonds is 5. The molecule has 3 aliphatic rings. The minimum Gasteiger partial charge on any atom is -0.340 e. The third kappa shape index (κ3) is 5.90. The molecule has 0 unspecified atom stereocenters. The molecule has 1 aliphatic carbocycles. The van der Waals surface area contributed by atoms with Crippen LogP contribution in [0.15, 0.2) is 23.4 Å². The second-order valence-corrected chi connectivity index (χ2v) is 15.6. The van der Waals surface area contributed by atoms with E-state index in [0.29, 0.717) is 23.2 Å². The molecule has 2 fully saturated rings. The summed E-state index contributed by atoms with van der Waals surface area (Å²) in [5.74, 6) is -0.678. The zero-order chi connectivity index (χ0) is 30.9. The number of thiophene rings is 1. The van der Waals surface area contributed by atoms with Gasteiger partial charge in [0.05, 0.1) is 38.6 Å². The summed E-state index contributed by atoms with van der Waals surface area (Å²) in [7, 11) is -2.41. The number of likely N-dealkylation sites (tertiary alicyclic amines) is 1. The summed E-state index contributed by atoms with van der Waals surface area (Å²) in [6.45, 7) is 8.50. The van der Waals surface area contributed by atoms with Gasteiger partial charge in [-0.2, -0.15) is 18.3 Å². The topological polar surface area (TPSA) is 113 Å². The monoisotopic (exact) mass is 637 g/mol. The number of aromatic nitrogens is 4. The standard InChI is InChI=1S/C28H34F3N7O3S2/c1-27(2,3)37-9-7-17(8-10-37)38-15-19(22(35-38)16-5-6-16)33-26-32-14-18(28(29,30)31)23(34-26)20-13-21-24(42-20)25(39)36(4)11-12-43(21,40)41/h13-17H,5-12H2,1-4H3,(H,32,33,34). The molecule has 1 amide bonds. The molecule has 3 aromatic rings. The van der Waals surface area contributed by atoms with Crippen molar-refractivity contribution in [1.82, 2.24) is 29.5 Å². The summed E-state index contributed by atoms with van der Waals surface area (Å²) in [5, 5.41) is 8.00. The van der Waals surface area contributed by atoms with Crippen LogP contribution < -0.4 is 5.32 Å². The maximum atomic E-state index is 14.1. The number of sulfone groups is 1. The number of piperidine rings is 1. The number of nitrogens with one attached hydrogen (secondary N) is 1. The van der Waals surface area contributed by atoms with Gasteiger partial charge in [-0.05, 0) is 52.5 Å². The van der Waals surface area contributed by atoms with E-state index in [1.165, 1.54) is 11.9 Å². The van der Waals surface area contributed by atoms with E-state index in [2.05, 4.69) is 41.0 Å². The first-order valence-electron chi connectivity index (χ1n) is 14.3. The van der Waals surface area contributed by atoms with E-state index in [4.69, 9.17) is 5.10 Å². The second kappa shape index (κ2) is 10.5. The molecule has 0 aromatic carbocycles. The summed E-state index contributed by atoms with van der Waals surface area (Å²) in [6.07, 6.45) is 1.60. The fourth-order valence-corrected chi connectivity index (χ4v) is 8.65. The van der Waals surface area contributed by atoms with Gasteiger partial charge in [-0.15, -0.1) is 11.3 Å². The molecule has 0 atom stereocenters. The lowest BCUT2D eigenvalue weighted by atomic mass is 9.98. The van der Waals surface area contributed by atoms with Crippen LogP contribution in [0.25, 0.3) is 10.6 Å². The number of alkyl halides is 3. The van der Waals surface area contributed by atoms with Crippen molar-refractivity contribution in [3.8, 4) is 10.6 Å². The first-order chi connectivity index (χ1) is 20.1. The van der Waals surface area contributed by atoms with E-state index in [1.54, 1.807) is 0 Å². The van der Waals surface area contributed by atoms with Crippen LogP contribution in [0.4, 0.5) is 24.8 Å². The predicted molar refractivity (Wildman–Crippen MR) is 156 cm³/mol. The van der Waals surface area contributed by atoms with Gasteiger partial charge in [0.15, 0.2) is 9.84 Å². The van der Waals surface area contributed by atoms with E-state index in [-0.39, 0.29) is 50.4 Å². The number of hydrogen-bond acceptors (Lipinski definition) is 9. The van der Waals surface area contributed by atoms with Crippen LogP contribution in [0.5, 0.6) is 0 Å². The van der Waals surface area contributed by atoms with E-state index >= 15 is 0 Å². The zero-order valence-corrected chi connectivity index (χ0v) is 26.0. The normalized spacial score (nSPS) is 20.3. The average molecular weight is 638 g/mol. The molecule has 1 saturated heterocycles. The molecule has 2 aliphatic heterocycles. The number of anilines is 2. The Morgan fingerprint density at radius 2 is 1.77 bits per heavy atom. The van der Waals surface area contributed by atoms with Crippen molar-refractivity contribution in [2.75, 3.05) is 37.8 Å². The van der Waals surface area contributed by atoms with Crippen LogP contribution in [0.1, 0.15) is 79.3 Å². The second-order valence-electron chi connectivity index (χ2n) is 12.5. The van der Waals surface area contributed by atoms with Gasteiger partial charge in [-0.25, -0.2) is 18.4 Å². The van der Waals surface area contributed by atoms with Gasteiger partial charge in [0.2, 0.25) is 5.95 Å². The Balaban J connectivity index is 1.34. The summed E-state index contributed by atoms with van der Waals surface area (Å²) < 4.78 is 70.1. The highest BCUT2D eigenvalue weighted by molar-refractivity contribution is 7.91. The van der Waals surface area contributed by atoms with E-state index in [9.17, 15) is 26.4 Å². The maximum absolute atomic E-state index is 14.1. The Hall–Kier alpha value is -3.04. The number of carbonyl (C=O) groups excluding carboxylic acids is 1. The Morgan fingerprint density at radius 1 is 1.07 bits per heavy atom. The highest BCUT2D eigenvalue weighted by Gasteiger charge is 2.39. The number of carbonyl (C=O) groups is 1.